The van der Waals surface area contributed by atoms with Gasteiger partial charge >= 0.3 is 5.97 Å². The van der Waals surface area contributed by atoms with Crippen molar-refractivity contribution in [2.24, 2.45) is 5.41 Å². The molecule has 2 aromatic carbocycles. The number of nitrogens with zero attached hydrogens (tertiary/aromatic N) is 2. The van der Waals surface area contributed by atoms with Gasteiger partial charge in [0.2, 0.25) is 0 Å². The predicted octanol–water partition coefficient (Wildman–Crippen LogP) is 4.53. The van der Waals surface area contributed by atoms with E-state index in [9.17, 15) is 14.7 Å². The molecule has 180 valence electrons. The van der Waals surface area contributed by atoms with Gasteiger partial charge in [0.1, 0.15) is 11.5 Å². The molecule has 34 heavy (non-hydrogen) atoms. The lowest BCUT2D eigenvalue weighted by atomic mass is 9.76. The lowest BCUT2D eigenvalue weighted by Crippen LogP contribution is -2.35. The summed E-state index contributed by atoms with van der Waals surface area (Å²) in [7, 11) is 6.51. The number of aliphatic carboxylic acids is 1. The van der Waals surface area contributed by atoms with Crippen molar-refractivity contribution < 1.29 is 23.9 Å². The summed E-state index contributed by atoms with van der Waals surface area (Å²) in [5, 5.41) is 10.4. The Labute approximate surface area is 204 Å². The van der Waals surface area contributed by atoms with E-state index in [4.69, 9.17) is 9.72 Å². The zero-order chi connectivity index (χ0) is 24.3. The van der Waals surface area contributed by atoms with Crippen LogP contribution in [0.5, 0.6) is 5.75 Å². The van der Waals surface area contributed by atoms with Crippen LogP contribution >= 0.6 is 11.3 Å². The van der Waals surface area contributed by atoms with Gasteiger partial charge in [-0.15, -0.1) is 11.3 Å². The first-order valence-corrected chi connectivity index (χ1v) is 12.6. The average molecular weight is 482 g/mol. The minimum absolute atomic E-state index is 0.0200. The van der Waals surface area contributed by atoms with Crippen molar-refractivity contribution in [1.82, 2.24) is 4.98 Å². The van der Waals surface area contributed by atoms with Crippen molar-refractivity contribution in [3.8, 4) is 5.75 Å². The molecule has 3 aromatic rings. The number of Topliss-reactive ketones (excluding diaryl/α,β-unsaturated/α-hetero) is 1. The Morgan fingerprint density at radius 1 is 1.12 bits per heavy atom. The van der Waals surface area contributed by atoms with Gasteiger partial charge in [-0.25, -0.2) is 4.98 Å². The van der Waals surface area contributed by atoms with Crippen molar-refractivity contribution in [1.29, 1.82) is 0 Å². The molecule has 0 atom stereocenters. The Hall–Kier alpha value is -2.77. The highest BCUT2D eigenvalue weighted by Gasteiger charge is 2.44. The highest BCUT2D eigenvalue weighted by atomic mass is 32.1. The van der Waals surface area contributed by atoms with E-state index in [1.165, 1.54) is 0 Å². The molecule has 0 spiro atoms. The fourth-order valence-electron chi connectivity index (χ4n) is 4.77. The van der Waals surface area contributed by atoms with Gasteiger partial charge in [-0.3, -0.25) is 9.59 Å². The maximum atomic E-state index is 13.3. The summed E-state index contributed by atoms with van der Waals surface area (Å²) >= 11 is 1.58. The summed E-state index contributed by atoms with van der Waals surface area (Å²) in [5.41, 5.74) is 2.21. The third-order valence-electron chi connectivity index (χ3n) is 6.47. The molecule has 0 bridgehead atoms. The maximum Gasteiger partial charge on any atom is 0.304 e. The van der Waals surface area contributed by atoms with E-state index in [1.807, 2.05) is 42.5 Å². The monoisotopic (exact) mass is 481 g/mol. The lowest BCUT2D eigenvalue weighted by molar-refractivity contribution is -0.870. The molecule has 0 fully saturated rings. The smallest absolute Gasteiger partial charge is 0.304 e. The van der Waals surface area contributed by atoms with E-state index >= 15 is 0 Å². The second-order valence-corrected chi connectivity index (χ2v) is 11.5. The number of ether oxygens (including phenoxy) is 1. The topological polar surface area (TPSA) is 76.5 Å². The van der Waals surface area contributed by atoms with E-state index in [2.05, 4.69) is 21.1 Å². The quantitative estimate of drug-likeness (QED) is 0.322. The van der Waals surface area contributed by atoms with Crippen LogP contribution in [0.1, 0.15) is 35.4 Å². The minimum atomic E-state index is -0.921. The number of rotatable bonds is 11. The van der Waals surface area contributed by atoms with Crippen LogP contribution in [0, 0.1) is 5.41 Å². The zero-order valence-electron chi connectivity index (χ0n) is 20.2. The Kier molecular flexibility index (Phi) is 7.05. The van der Waals surface area contributed by atoms with Gasteiger partial charge in [-0.05, 0) is 36.1 Å². The van der Waals surface area contributed by atoms with Crippen LogP contribution in [-0.2, 0) is 28.9 Å². The number of hydrogen-bond donors (Lipinski definition) is 1. The maximum absolute atomic E-state index is 13.3. The number of ketones is 1. The van der Waals surface area contributed by atoms with Gasteiger partial charge in [-0.1, -0.05) is 24.3 Å². The largest absolute Gasteiger partial charge is 0.493 e. The molecular formula is C27H33N2O4S+. The first-order chi connectivity index (χ1) is 16.1. The molecule has 0 aliphatic heterocycles. The molecule has 1 aliphatic rings. The van der Waals surface area contributed by atoms with Crippen LogP contribution in [0.3, 0.4) is 0 Å². The third kappa shape index (κ3) is 5.83. The van der Waals surface area contributed by atoms with E-state index in [1.54, 1.807) is 11.3 Å². The summed E-state index contributed by atoms with van der Waals surface area (Å²) in [4.78, 5) is 29.7. The molecule has 0 radical (unpaired) electrons. The second-order valence-electron chi connectivity index (χ2n) is 10.3. The number of aromatic nitrogens is 1. The van der Waals surface area contributed by atoms with Gasteiger partial charge in [0.25, 0.3) is 0 Å². The number of carbonyl (C=O) groups is 2. The molecule has 0 unspecified atom stereocenters. The first kappa shape index (κ1) is 24.4. The molecule has 1 aliphatic carbocycles. The first-order valence-electron chi connectivity index (χ1n) is 11.8. The summed E-state index contributed by atoms with van der Waals surface area (Å²) < 4.78 is 7.89. The number of quaternary nitrogens is 1. The summed E-state index contributed by atoms with van der Waals surface area (Å²) in [5.74, 6) is -0.0901. The van der Waals surface area contributed by atoms with Crippen LogP contribution < -0.4 is 4.74 Å². The van der Waals surface area contributed by atoms with E-state index in [0.717, 1.165) is 49.5 Å². The second kappa shape index (κ2) is 9.84. The summed E-state index contributed by atoms with van der Waals surface area (Å²) in [6.45, 7) is 1.71. The zero-order valence-corrected chi connectivity index (χ0v) is 21.0. The van der Waals surface area contributed by atoms with Crippen molar-refractivity contribution in [2.75, 3.05) is 34.3 Å². The van der Waals surface area contributed by atoms with Gasteiger partial charge in [0.05, 0.1) is 55.9 Å². The standard InChI is InChI=1S/C27H32N2O4S/c1-29(2,3)13-6-14-33-21-9-10-23-22(15-21)28-25(34-23)12-11-24(30)27(18-26(31)32)16-19-7-4-5-8-20(19)17-27/h4-5,7-10,15H,6,11-14,16-18H2,1-3H3/p+1. The number of carboxylic acid groups (broad SMARTS) is 1. The van der Waals surface area contributed by atoms with Gasteiger partial charge < -0.3 is 14.3 Å². The van der Waals surface area contributed by atoms with Gasteiger partial charge in [-0.2, -0.15) is 0 Å². The van der Waals surface area contributed by atoms with Crippen LogP contribution in [-0.4, -0.2) is 60.6 Å². The number of carboxylic acids is 1. The molecule has 1 heterocycles. The molecule has 1 N–H and O–H groups in total. The van der Waals surface area contributed by atoms with Crippen molar-refractivity contribution >= 4 is 33.3 Å². The molecule has 0 amide bonds. The number of carbonyl (C=O) groups excluding carboxylic acids is 1. The third-order valence-corrected chi connectivity index (χ3v) is 7.56. The molecule has 1 aromatic heterocycles. The van der Waals surface area contributed by atoms with Crippen LogP contribution in [0.15, 0.2) is 42.5 Å². The number of fused-ring (bicyclic) bond motifs is 2. The molecule has 7 heteroatoms. The Balaban J connectivity index is 1.39. The van der Waals surface area contributed by atoms with Crippen LogP contribution in [0.25, 0.3) is 10.2 Å². The minimum Gasteiger partial charge on any atom is -0.493 e. The molecule has 0 saturated heterocycles. The van der Waals surface area contributed by atoms with Crippen LogP contribution in [0.4, 0.5) is 0 Å². The summed E-state index contributed by atoms with van der Waals surface area (Å²) in [6.07, 6.45) is 2.68. The van der Waals surface area contributed by atoms with E-state index < -0.39 is 11.4 Å². The Bertz CT molecular complexity index is 1170. The molecule has 4 rings (SSSR count). The van der Waals surface area contributed by atoms with Crippen molar-refractivity contribution in [2.45, 2.75) is 38.5 Å². The Morgan fingerprint density at radius 2 is 1.82 bits per heavy atom. The summed E-state index contributed by atoms with van der Waals surface area (Å²) in [6, 6.07) is 13.9. The van der Waals surface area contributed by atoms with Crippen molar-refractivity contribution in [3.63, 3.8) is 0 Å². The molecule has 0 saturated carbocycles. The van der Waals surface area contributed by atoms with Gasteiger partial charge in [0, 0.05) is 30.7 Å². The van der Waals surface area contributed by atoms with E-state index in [0.29, 0.717) is 32.3 Å². The molecular weight excluding hydrogens is 448 g/mol. The lowest BCUT2D eigenvalue weighted by Gasteiger charge is -2.25. The Morgan fingerprint density at radius 3 is 2.47 bits per heavy atom. The highest BCUT2D eigenvalue weighted by Crippen LogP contribution is 2.41. The van der Waals surface area contributed by atoms with Crippen molar-refractivity contribution in [3.05, 3.63) is 58.6 Å². The fraction of sp³-hybridized carbons (Fsp3) is 0.444. The predicted molar refractivity (Wildman–Crippen MR) is 134 cm³/mol. The van der Waals surface area contributed by atoms with Crippen LogP contribution in [0.2, 0.25) is 0 Å². The molecule has 6 nitrogen and oxygen atoms in total. The average Bonchev–Trinajstić information content (AvgIpc) is 3.34. The number of thiazole rings is 1. The van der Waals surface area contributed by atoms with Gasteiger partial charge in [0.15, 0.2) is 0 Å². The number of hydrogen-bond acceptors (Lipinski definition) is 5. The highest BCUT2D eigenvalue weighted by molar-refractivity contribution is 7.18. The van der Waals surface area contributed by atoms with E-state index in [-0.39, 0.29) is 12.2 Å². The number of aryl methyl sites for hydroxylation is 1. The normalized spacial score (nSPS) is 14.8. The fourth-order valence-corrected chi connectivity index (χ4v) is 5.72. The SMILES string of the molecule is C[N+](C)(C)CCCOc1ccc2sc(CCC(=O)C3(CC(=O)O)Cc4ccccc4C3)nc2c1. The number of benzene rings is 2.